The number of nitrogens with zero attached hydrogens (tertiary/aromatic N) is 1. The Hall–Kier alpha value is -2.44. The Labute approximate surface area is 212 Å². The van der Waals surface area contributed by atoms with Gasteiger partial charge in [-0.2, -0.15) is 0 Å². The summed E-state index contributed by atoms with van der Waals surface area (Å²) in [6.07, 6.45) is -0.0863. The quantitative estimate of drug-likeness (QED) is 0.260. The smallest absolute Gasteiger partial charge is 0.317 e. The number of rotatable bonds is 13. The number of benzene rings is 1. The zero-order valence-electron chi connectivity index (χ0n) is 21.2. The number of aryl methyl sites for hydroxylation is 1. The van der Waals surface area contributed by atoms with Gasteiger partial charge in [0.2, 0.25) is 0 Å². The molecule has 11 heteroatoms. The lowest BCUT2D eigenvalue weighted by Gasteiger charge is -2.27. The Bertz CT molecular complexity index is 814. The minimum absolute atomic E-state index is 0.0952. The monoisotopic (exact) mass is 509 g/mol. The number of esters is 1. The van der Waals surface area contributed by atoms with Crippen LogP contribution in [0, 0.1) is 0 Å². The van der Waals surface area contributed by atoms with Gasteiger partial charge in [-0.15, -0.1) is 0 Å². The van der Waals surface area contributed by atoms with Crippen LogP contribution in [-0.2, 0) is 30.2 Å². The molecule has 36 heavy (non-hydrogen) atoms. The van der Waals surface area contributed by atoms with Crippen molar-refractivity contribution in [3.8, 4) is 5.75 Å². The van der Waals surface area contributed by atoms with Crippen molar-refractivity contribution in [2.24, 2.45) is 0 Å². The number of carbonyl (C=O) groups is 2. The first-order valence-corrected chi connectivity index (χ1v) is 12.5. The second kappa shape index (κ2) is 14.3. The SMILES string of the molecule is CC1(C)OC[C@@H](COC(=O)CCc2ccc(OC[C@@H](O)CNCCNC(=O)N3CCOCC3)cc2)O1. The number of morpholine rings is 1. The molecule has 2 atom stereocenters. The molecular weight excluding hydrogens is 470 g/mol. The van der Waals surface area contributed by atoms with E-state index >= 15 is 0 Å². The van der Waals surface area contributed by atoms with Crippen molar-refractivity contribution in [2.75, 3.05) is 65.8 Å². The highest BCUT2D eigenvalue weighted by Crippen LogP contribution is 2.22. The van der Waals surface area contributed by atoms with Crippen LogP contribution in [0.25, 0.3) is 0 Å². The fourth-order valence-electron chi connectivity index (χ4n) is 3.76. The van der Waals surface area contributed by atoms with Crippen molar-refractivity contribution < 1.29 is 38.4 Å². The van der Waals surface area contributed by atoms with Crippen LogP contribution in [0.5, 0.6) is 5.75 Å². The minimum atomic E-state index is -0.686. The number of amides is 2. The summed E-state index contributed by atoms with van der Waals surface area (Å²) in [4.78, 5) is 25.7. The molecular formula is C25H39N3O8. The number of nitrogens with one attached hydrogen (secondary N) is 2. The lowest BCUT2D eigenvalue weighted by molar-refractivity contribution is -0.158. The highest BCUT2D eigenvalue weighted by atomic mass is 16.7. The molecule has 2 saturated heterocycles. The molecule has 3 rings (SSSR count). The average Bonchev–Trinajstić information content (AvgIpc) is 3.24. The van der Waals surface area contributed by atoms with E-state index in [9.17, 15) is 14.7 Å². The number of ether oxygens (including phenoxy) is 5. The number of carbonyl (C=O) groups excluding carboxylic acids is 2. The summed E-state index contributed by atoms with van der Waals surface area (Å²) in [5.41, 5.74) is 0.988. The first kappa shape index (κ1) is 28.1. The predicted molar refractivity (Wildman–Crippen MR) is 131 cm³/mol. The van der Waals surface area contributed by atoms with Crippen molar-refractivity contribution in [3.63, 3.8) is 0 Å². The van der Waals surface area contributed by atoms with Gasteiger partial charge in [0.15, 0.2) is 5.79 Å². The lowest BCUT2D eigenvalue weighted by Crippen LogP contribution is -2.47. The summed E-state index contributed by atoms with van der Waals surface area (Å²) in [5, 5.41) is 16.1. The maximum atomic E-state index is 12.0. The van der Waals surface area contributed by atoms with Gasteiger partial charge in [-0.1, -0.05) is 12.1 Å². The van der Waals surface area contributed by atoms with Crippen LogP contribution in [0.15, 0.2) is 24.3 Å². The Morgan fingerprint density at radius 3 is 2.64 bits per heavy atom. The van der Waals surface area contributed by atoms with Gasteiger partial charge in [-0.3, -0.25) is 4.79 Å². The summed E-state index contributed by atoms with van der Waals surface area (Å²) in [7, 11) is 0. The van der Waals surface area contributed by atoms with Crippen LogP contribution in [0.3, 0.4) is 0 Å². The van der Waals surface area contributed by atoms with E-state index in [2.05, 4.69) is 10.6 Å². The van der Waals surface area contributed by atoms with E-state index in [0.29, 0.717) is 64.7 Å². The molecule has 202 valence electrons. The zero-order valence-corrected chi connectivity index (χ0v) is 21.2. The van der Waals surface area contributed by atoms with Crippen molar-refractivity contribution in [1.29, 1.82) is 0 Å². The molecule has 0 spiro atoms. The van der Waals surface area contributed by atoms with Gasteiger partial charge in [-0.25, -0.2) is 4.79 Å². The Balaban J connectivity index is 1.21. The summed E-state index contributed by atoms with van der Waals surface area (Å²) in [6.45, 7) is 8.13. The molecule has 2 amide bonds. The molecule has 0 radical (unpaired) electrons. The molecule has 3 N–H and O–H groups in total. The van der Waals surface area contributed by atoms with Gasteiger partial charge in [0.25, 0.3) is 0 Å². The zero-order chi connectivity index (χ0) is 25.8. The first-order valence-electron chi connectivity index (χ1n) is 12.5. The van der Waals surface area contributed by atoms with E-state index in [1.54, 1.807) is 4.90 Å². The average molecular weight is 510 g/mol. The summed E-state index contributed by atoms with van der Waals surface area (Å²) in [6, 6.07) is 7.31. The summed E-state index contributed by atoms with van der Waals surface area (Å²) >= 11 is 0. The highest BCUT2D eigenvalue weighted by molar-refractivity contribution is 5.74. The predicted octanol–water partition coefficient (Wildman–Crippen LogP) is 0.685. The normalized spacial score (nSPS) is 20.1. The van der Waals surface area contributed by atoms with E-state index in [4.69, 9.17) is 23.7 Å². The third kappa shape index (κ3) is 10.3. The van der Waals surface area contributed by atoms with Crippen LogP contribution in [0.1, 0.15) is 25.8 Å². The third-order valence-electron chi connectivity index (χ3n) is 5.74. The fourth-order valence-corrected chi connectivity index (χ4v) is 3.76. The maximum Gasteiger partial charge on any atom is 0.317 e. The minimum Gasteiger partial charge on any atom is -0.491 e. The maximum absolute atomic E-state index is 12.0. The number of aliphatic hydroxyl groups is 1. The molecule has 2 heterocycles. The number of hydrogen-bond donors (Lipinski definition) is 3. The summed E-state index contributed by atoms with van der Waals surface area (Å²) in [5.74, 6) is -0.269. The van der Waals surface area contributed by atoms with Gasteiger partial charge < -0.3 is 44.3 Å². The second-order valence-electron chi connectivity index (χ2n) is 9.28. The molecule has 2 aliphatic heterocycles. The number of aliphatic hydroxyl groups excluding tert-OH is 1. The third-order valence-corrected chi connectivity index (χ3v) is 5.74. The highest BCUT2D eigenvalue weighted by Gasteiger charge is 2.33. The van der Waals surface area contributed by atoms with Crippen molar-refractivity contribution >= 4 is 12.0 Å². The number of hydrogen-bond acceptors (Lipinski definition) is 9. The van der Waals surface area contributed by atoms with Crippen LogP contribution in [0.4, 0.5) is 4.79 Å². The molecule has 0 saturated carbocycles. The fraction of sp³-hybridized carbons (Fsp3) is 0.680. The van der Waals surface area contributed by atoms with E-state index in [1.165, 1.54) is 0 Å². The van der Waals surface area contributed by atoms with Gasteiger partial charge in [-0.05, 0) is 38.0 Å². The van der Waals surface area contributed by atoms with Gasteiger partial charge in [0, 0.05) is 39.1 Å². The topological polar surface area (TPSA) is 128 Å². The molecule has 1 aromatic carbocycles. The van der Waals surface area contributed by atoms with Crippen LogP contribution in [0.2, 0.25) is 0 Å². The van der Waals surface area contributed by atoms with Crippen LogP contribution >= 0.6 is 0 Å². The van der Waals surface area contributed by atoms with Crippen LogP contribution < -0.4 is 15.4 Å². The molecule has 0 unspecified atom stereocenters. The van der Waals surface area contributed by atoms with E-state index in [1.807, 2.05) is 38.1 Å². The van der Waals surface area contributed by atoms with E-state index in [0.717, 1.165) is 5.56 Å². The summed E-state index contributed by atoms with van der Waals surface area (Å²) < 4.78 is 27.2. The largest absolute Gasteiger partial charge is 0.491 e. The molecule has 2 fully saturated rings. The number of urea groups is 1. The first-order chi connectivity index (χ1) is 17.3. The van der Waals surface area contributed by atoms with E-state index in [-0.39, 0.29) is 37.7 Å². The lowest BCUT2D eigenvalue weighted by atomic mass is 10.1. The molecule has 0 bridgehead atoms. The molecule has 11 nitrogen and oxygen atoms in total. The second-order valence-corrected chi connectivity index (χ2v) is 9.28. The van der Waals surface area contributed by atoms with Gasteiger partial charge in [0.05, 0.1) is 19.8 Å². The Kier molecular flexibility index (Phi) is 11.2. The van der Waals surface area contributed by atoms with Crippen molar-refractivity contribution in [1.82, 2.24) is 15.5 Å². The standard InChI is InChI=1S/C25H39N3O8/c1-25(2)35-18-22(36-25)17-34-23(30)8-5-19-3-6-21(7-4-19)33-16-20(29)15-26-9-10-27-24(31)28-11-13-32-14-12-28/h3-4,6-7,20,22,26,29H,5,8-18H2,1-2H3,(H,27,31)/t20-,22+/m0/s1. The Morgan fingerprint density at radius 2 is 1.94 bits per heavy atom. The molecule has 2 aliphatic rings. The molecule has 0 aliphatic carbocycles. The van der Waals surface area contributed by atoms with Gasteiger partial charge in [0.1, 0.15) is 31.2 Å². The molecule has 1 aromatic rings. The Morgan fingerprint density at radius 1 is 1.19 bits per heavy atom. The van der Waals surface area contributed by atoms with Crippen molar-refractivity contribution in [3.05, 3.63) is 29.8 Å². The van der Waals surface area contributed by atoms with Crippen LogP contribution in [-0.4, -0.2) is 106 Å². The molecule has 0 aromatic heterocycles. The van der Waals surface area contributed by atoms with E-state index < -0.39 is 11.9 Å². The van der Waals surface area contributed by atoms with Crippen molar-refractivity contribution in [2.45, 2.75) is 44.7 Å². The van der Waals surface area contributed by atoms with Gasteiger partial charge >= 0.3 is 12.0 Å².